The van der Waals surface area contributed by atoms with Crippen molar-refractivity contribution in [2.75, 3.05) is 11.1 Å². The van der Waals surface area contributed by atoms with E-state index in [9.17, 15) is 18.4 Å². The number of thioether (sulfide) groups is 1. The van der Waals surface area contributed by atoms with E-state index in [1.54, 1.807) is 36.5 Å². The molecule has 4 aromatic rings. The number of hydrogen-bond acceptors (Lipinski definition) is 7. The first kappa shape index (κ1) is 21.8. The molecule has 0 radical (unpaired) electrons. The fraction of sp³-hybridized carbons (Fsp3) is 0.130. The monoisotopic (exact) mass is 482 g/mol. The van der Waals surface area contributed by atoms with Gasteiger partial charge in [0, 0.05) is 18.0 Å². The number of ether oxygens (including phenoxy) is 2. The van der Waals surface area contributed by atoms with Gasteiger partial charge in [-0.2, -0.15) is 0 Å². The Balaban J connectivity index is 1.40. The summed E-state index contributed by atoms with van der Waals surface area (Å²) in [6.07, 6.45) is -2.15. The summed E-state index contributed by atoms with van der Waals surface area (Å²) < 4.78 is 36.6. The van der Waals surface area contributed by atoms with Crippen molar-refractivity contribution in [3.8, 4) is 17.3 Å². The Kier molecular flexibility index (Phi) is 5.40. The van der Waals surface area contributed by atoms with Crippen molar-refractivity contribution in [3.05, 3.63) is 76.7 Å². The van der Waals surface area contributed by atoms with Crippen LogP contribution in [0.2, 0.25) is 0 Å². The first-order valence-electron chi connectivity index (χ1n) is 10.1. The number of carbonyl (C=O) groups excluding carboxylic acids is 1. The van der Waals surface area contributed by atoms with Crippen molar-refractivity contribution in [2.24, 2.45) is 0 Å². The molecule has 1 aliphatic heterocycles. The number of amides is 1. The minimum absolute atomic E-state index is 0.0960. The fourth-order valence-corrected chi connectivity index (χ4v) is 4.21. The number of halogens is 2. The molecule has 0 bridgehead atoms. The molecule has 1 amide bonds. The van der Waals surface area contributed by atoms with Crippen LogP contribution in [-0.4, -0.2) is 32.5 Å². The Morgan fingerprint density at radius 2 is 1.91 bits per heavy atom. The highest BCUT2D eigenvalue weighted by molar-refractivity contribution is 7.99. The fourth-order valence-electron chi connectivity index (χ4n) is 3.41. The van der Waals surface area contributed by atoms with Gasteiger partial charge in [0.2, 0.25) is 5.91 Å². The first-order valence-corrected chi connectivity index (χ1v) is 11.0. The first-order chi connectivity index (χ1) is 16.3. The molecular weight excluding hydrogens is 466 g/mol. The summed E-state index contributed by atoms with van der Waals surface area (Å²) in [4.78, 5) is 34.7. The molecule has 2 aromatic heterocycles. The zero-order chi connectivity index (χ0) is 23.9. The number of carbonyl (C=O) groups is 1. The largest absolute Gasteiger partial charge is 0.586 e. The van der Waals surface area contributed by atoms with Gasteiger partial charge >= 0.3 is 6.29 Å². The minimum Gasteiger partial charge on any atom is -0.395 e. The Hall–Kier alpha value is -3.99. The van der Waals surface area contributed by atoms with Crippen LogP contribution in [0, 0.1) is 6.92 Å². The highest BCUT2D eigenvalue weighted by Gasteiger charge is 2.43. The summed E-state index contributed by atoms with van der Waals surface area (Å²) in [5.74, 6) is -0.427. The van der Waals surface area contributed by atoms with E-state index in [0.29, 0.717) is 21.9 Å². The maximum atomic E-state index is 13.2. The number of nitrogens with zero attached hydrogens (tertiary/aromatic N) is 3. The van der Waals surface area contributed by atoms with Crippen LogP contribution in [-0.2, 0) is 4.79 Å². The quantitative estimate of drug-likeness (QED) is 0.337. The molecule has 11 heteroatoms. The van der Waals surface area contributed by atoms with E-state index in [2.05, 4.69) is 24.8 Å². The van der Waals surface area contributed by atoms with Crippen LogP contribution in [0.1, 0.15) is 5.56 Å². The lowest BCUT2D eigenvalue weighted by Crippen LogP contribution is -2.25. The number of nitrogens with one attached hydrogen (secondary N) is 1. The van der Waals surface area contributed by atoms with Crippen molar-refractivity contribution >= 4 is 34.3 Å². The number of fused-ring (bicyclic) bond motifs is 2. The third-order valence-electron chi connectivity index (χ3n) is 4.89. The molecule has 0 saturated heterocycles. The smallest absolute Gasteiger partial charge is 0.395 e. The lowest BCUT2D eigenvalue weighted by Gasteiger charge is -2.13. The van der Waals surface area contributed by atoms with Gasteiger partial charge in [-0.3, -0.25) is 9.59 Å². The van der Waals surface area contributed by atoms with Crippen molar-refractivity contribution in [1.29, 1.82) is 0 Å². The van der Waals surface area contributed by atoms with Crippen LogP contribution in [0.15, 0.2) is 70.7 Å². The van der Waals surface area contributed by atoms with Gasteiger partial charge in [0.1, 0.15) is 5.82 Å². The van der Waals surface area contributed by atoms with Gasteiger partial charge < -0.3 is 14.8 Å². The highest BCUT2D eigenvalue weighted by atomic mass is 32.2. The number of pyridine rings is 1. The Bertz CT molecular complexity index is 1490. The van der Waals surface area contributed by atoms with E-state index < -0.39 is 12.2 Å². The number of para-hydroxylation sites is 1. The zero-order valence-electron chi connectivity index (χ0n) is 17.6. The van der Waals surface area contributed by atoms with Crippen LogP contribution < -0.4 is 20.3 Å². The minimum atomic E-state index is -3.74. The average Bonchev–Trinajstić information content (AvgIpc) is 3.11. The number of rotatable bonds is 5. The molecule has 1 aliphatic rings. The van der Waals surface area contributed by atoms with Crippen molar-refractivity contribution in [2.45, 2.75) is 18.4 Å². The van der Waals surface area contributed by atoms with Crippen molar-refractivity contribution < 1.29 is 23.0 Å². The Morgan fingerprint density at radius 1 is 1.12 bits per heavy atom. The topological polar surface area (TPSA) is 95.3 Å². The molecule has 0 spiro atoms. The molecule has 0 aliphatic carbocycles. The van der Waals surface area contributed by atoms with Crippen molar-refractivity contribution in [1.82, 2.24) is 14.5 Å². The van der Waals surface area contributed by atoms with E-state index in [4.69, 9.17) is 0 Å². The number of alkyl halides is 2. The summed E-state index contributed by atoms with van der Waals surface area (Å²) in [5, 5.41) is 3.34. The van der Waals surface area contributed by atoms with Gasteiger partial charge in [-0.1, -0.05) is 23.9 Å². The second kappa shape index (κ2) is 8.41. The summed E-state index contributed by atoms with van der Waals surface area (Å²) in [7, 11) is 0. The van der Waals surface area contributed by atoms with Crippen molar-refractivity contribution in [3.63, 3.8) is 0 Å². The lowest BCUT2D eigenvalue weighted by atomic mass is 10.2. The number of anilines is 1. The number of hydrogen-bond donors (Lipinski definition) is 1. The number of aromatic nitrogens is 3. The average molecular weight is 482 g/mol. The van der Waals surface area contributed by atoms with E-state index >= 15 is 0 Å². The molecule has 3 heterocycles. The third kappa shape index (κ3) is 4.29. The second-order valence-corrected chi connectivity index (χ2v) is 8.35. The molecule has 2 aromatic carbocycles. The Labute approximate surface area is 195 Å². The van der Waals surface area contributed by atoms with Gasteiger partial charge in [-0.25, -0.2) is 14.5 Å². The predicted molar refractivity (Wildman–Crippen MR) is 122 cm³/mol. The van der Waals surface area contributed by atoms with E-state index in [1.807, 2.05) is 13.0 Å². The maximum Gasteiger partial charge on any atom is 0.586 e. The molecule has 34 heavy (non-hydrogen) atoms. The van der Waals surface area contributed by atoms with Crippen LogP contribution >= 0.6 is 11.8 Å². The second-order valence-electron chi connectivity index (χ2n) is 7.41. The van der Waals surface area contributed by atoms with Crippen LogP contribution in [0.5, 0.6) is 11.5 Å². The van der Waals surface area contributed by atoms with Gasteiger partial charge in [0.05, 0.1) is 16.7 Å². The normalized spacial score (nSPS) is 13.7. The molecule has 0 unspecified atom stereocenters. The van der Waals surface area contributed by atoms with E-state index in [0.717, 1.165) is 17.3 Å². The van der Waals surface area contributed by atoms with Gasteiger partial charge in [-0.15, -0.1) is 8.78 Å². The zero-order valence-corrected chi connectivity index (χ0v) is 18.4. The molecule has 0 atom stereocenters. The van der Waals surface area contributed by atoms with Gasteiger partial charge in [0.15, 0.2) is 16.7 Å². The summed E-state index contributed by atoms with van der Waals surface area (Å²) in [6.45, 7) is 1.88. The molecule has 5 rings (SSSR count). The highest BCUT2D eigenvalue weighted by Crippen LogP contribution is 2.42. The molecular formula is C23H16F2N4O4S. The SMILES string of the molecule is Cc1ccnc(-n2c(SCC(=O)Nc3ccc4c(c3)OC(F)(F)O4)nc3ccccc3c2=O)c1. The van der Waals surface area contributed by atoms with Crippen LogP contribution in [0.4, 0.5) is 14.5 Å². The standard InChI is InChI=1S/C23H16F2N4O4S/c1-13-8-9-26-19(10-13)29-21(31)15-4-2-3-5-16(15)28-22(29)34-12-20(30)27-14-6-7-17-18(11-14)33-23(24,25)32-17/h2-11H,12H2,1H3,(H,27,30). The van der Waals surface area contributed by atoms with Crippen LogP contribution in [0.25, 0.3) is 16.7 Å². The predicted octanol–water partition coefficient (Wildman–Crippen LogP) is 4.14. The third-order valence-corrected chi connectivity index (χ3v) is 5.83. The Morgan fingerprint density at radius 3 is 2.74 bits per heavy atom. The van der Waals surface area contributed by atoms with Crippen LogP contribution in [0.3, 0.4) is 0 Å². The molecule has 1 N–H and O–H groups in total. The molecule has 0 saturated carbocycles. The van der Waals surface area contributed by atoms with Gasteiger partial charge in [0.25, 0.3) is 5.56 Å². The summed E-state index contributed by atoms with van der Waals surface area (Å²) in [6, 6.07) is 14.4. The molecule has 0 fully saturated rings. The van der Waals surface area contributed by atoms with Gasteiger partial charge in [-0.05, 0) is 48.9 Å². The summed E-state index contributed by atoms with van der Waals surface area (Å²) >= 11 is 1.05. The molecule has 8 nitrogen and oxygen atoms in total. The molecule has 172 valence electrons. The number of benzene rings is 2. The van der Waals surface area contributed by atoms with E-state index in [1.165, 1.54) is 22.8 Å². The lowest BCUT2D eigenvalue weighted by molar-refractivity contribution is -0.286. The van der Waals surface area contributed by atoms with E-state index in [-0.39, 0.29) is 28.5 Å². The summed E-state index contributed by atoms with van der Waals surface area (Å²) in [5.41, 5.74) is 1.36. The number of aryl methyl sites for hydroxylation is 1. The maximum absolute atomic E-state index is 13.2.